The van der Waals surface area contributed by atoms with Crippen LogP contribution in [-0.2, 0) is 0 Å². The van der Waals surface area contributed by atoms with Gasteiger partial charge in [0, 0.05) is 0 Å². The summed E-state index contributed by atoms with van der Waals surface area (Å²) >= 11 is 1.33. The van der Waals surface area contributed by atoms with E-state index in [4.69, 9.17) is 0 Å². The number of carbonyl (C=O) groups excluding carboxylic acids is 3. The Morgan fingerprint density at radius 2 is 2.00 bits per heavy atom. The summed E-state index contributed by atoms with van der Waals surface area (Å²) in [6.45, 7) is 1.84. The van der Waals surface area contributed by atoms with Crippen LogP contribution in [0.1, 0.15) is 36.0 Å². The molecule has 3 rings (SSSR count). The Morgan fingerprint density at radius 3 is 2.70 bits per heavy atom. The monoisotopic (exact) mass is 286 g/mol. The summed E-state index contributed by atoms with van der Waals surface area (Å²) in [6, 6.07) is 6.65. The number of nitrogens with one attached hydrogen (secondary N) is 2. The van der Waals surface area contributed by atoms with Crippen LogP contribution in [-0.4, -0.2) is 17.7 Å². The zero-order valence-electron chi connectivity index (χ0n) is 10.5. The Kier molecular flexibility index (Phi) is 2.87. The second-order valence-corrected chi connectivity index (χ2v) is 5.31. The van der Waals surface area contributed by atoms with E-state index in [1.54, 1.807) is 18.2 Å². The van der Waals surface area contributed by atoms with Crippen LogP contribution < -0.4 is 10.6 Å². The third-order valence-corrected chi connectivity index (χ3v) is 4.09. The third kappa shape index (κ3) is 1.90. The highest BCUT2D eigenvalue weighted by atomic mass is 32.1. The smallest absolute Gasteiger partial charge is 0.266 e. The maximum Gasteiger partial charge on any atom is 0.266 e. The van der Waals surface area contributed by atoms with Gasteiger partial charge in [-0.15, -0.1) is 11.3 Å². The Labute approximate surface area is 118 Å². The standard InChI is InChI=1S/C14H10N2O3S/c1-7-5-6-20-11(7)14(19)15-9-4-2-3-8-10(9)13(18)16-12(8)17/h2-6H,1H3,(H,15,19)(H,16,17,18). The van der Waals surface area contributed by atoms with Crippen molar-refractivity contribution in [2.45, 2.75) is 6.92 Å². The number of rotatable bonds is 2. The summed E-state index contributed by atoms with van der Waals surface area (Å²) in [5.74, 6) is -1.20. The molecule has 0 saturated carbocycles. The first-order chi connectivity index (χ1) is 9.58. The van der Waals surface area contributed by atoms with Crippen LogP contribution in [0, 0.1) is 6.92 Å². The minimum atomic E-state index is -0.483. The third-order valence-electron chi connectivity index (χ3n) is 3.08. The molecule has 0 bridgehead atoms. The van der Waals surface area contributed by atoms with Crippen LogP contribution in [0.25, 0.3) is 0 Å². The summed E-state index contributed by atoms with van der Waals surface area (Å²) in [5.41, 5.74) is 1.74. The van der Waals surface area contributed by atoms with E-state index in [1.165, 1.54) is 11.3 Å². The van der Waals surface area contributed by atoms with Gasteiger partial charge >= 0.3 is 0 Å². The zero-order valence-corrected chi connectivity index (χ0v) is 11.3. The van der Waals surface area contributed by atoms with Gasteiger partial charge in [0.1, 0.15) is 0 Å². The number of anilines is 1. The van der Waals surface area contributed by atoms with Crippen molar-refractivity contribution in [3.05, 3.63) is 51.2 Å². The van der Waals surface area contributed by atoms with E-state index in [0.717, 1.165) is 5.56 Å². The number of thiophene rings is 1. The average molecular weight is 286 g/mol. The molecule has 3 amide bonds. The molecule has 5 nitrogen and oxygen atoms in total. The number of aryl methyl sites for hydroxylation is 1. The number of amides is 3. The molecule has 2 aromatic rings. The highest BCUT2D eigenvalue weighted by Gasteiger charge is 2.29. The molecule has 0 radical (unpaired) electrons. The van der Waals surface area contributed by atoms with Gasteiger partial charge in [-0.3, -0.25) is 19.7 Å². The van der Waals surface area contributed by atoms with Gasteiger partial charge in [0.15, 0.2) is 0 Å². The Bertz CT molecular complexity index is 749. The van der Waals surface area contributed by atoms with Crippen LogP contribution in [0.4, 0.5) is 5.69 Å². The molecule has 2 N–H and O–H groups in total. The zero-order chi connectivity index (χ0) is 14.3. The van der Waals surface area contributed by atoms with Crippen molar-refractivity contribution in [3.63, 3.8) is 0 Å². The quantitative estimate of drug-likeness (QED) is 0.831. The molecule has 0 atom stereocenters. The van der Waals surface area contributed by atoms with Gasteiger partial charge in [0.2, 0.25) is 0 Å². The Morgan fingerprint density at radius 1 is 1.20 bits per heavy atom. The lowest BCUT2D eigenvalue weighted by molar-refractivity contribution is 0.0879. The fraction of sp³-hybridized carbons (Fsp3) is 0.0714. The second-order valence-electron chi connectivity index (χ2n) is 4.40. The van der Waals surface area contributed by atoms with E-state index in [-0.39, 0.29) is 17.0 Å². The lowest BCUT2D eigenvalue weighted by Gasteiger charge is -2.07. The van der Waals surface area contributed by atoms with Crippen molar-refractivity contribution in [3.8, 4) is 0 Å². The molecule has 1 aliphatic heterocycles. The molecule has 2 heterocycles. The van der Waals surface area contributed by atoms with Gasteiger partial charge < -0.3 is 5.32 Å². The highest BCUT2D eigenvalue weighted by Crippen LogP contribution is 2.25. The first-order valence-corrected chi connectivity index (χ1v) is 6.80. The normalized spacial score (nSPS) is 13.1. The predicted octanol–water partition coefficient (Wildman–Crippen LogP) is 2.19. The molecule has 0 saturated heterocycles. The van der Waals surface area contributed by atoms with Crippen LogP contribution >= 0.6 is 11.3 Å². The van der Waals surface area contributed by atoms with Crippen molar-refractivity contribution < 1.29 is 14.4 Å². The van der Waals surface area contributed by atoms with Crippen LogP contribution in [0.3, 0.4) is 0 Å². The summed E-state index contributed by atoms with van der Waals surface area (Å²) in [6.07, 6.45) is 0. The van der Waals surface area contributed by atoms with Crippen LogP contribution in [0.15, 0.2) is 29.6 Å². The molecule has 20 heavy (non-hydrogen) atoms. The molecule has 100 valence electrons. The van der Waals surface area contributed by atoms with Crippen molar-refractivity contribution in [2.75, 3.05) is 5.32 Å². The molecular formula is C14H10N2O3S. The minimum Gasteiger partial charge on any atom is -0.320 e. The van der Waals surface area contributed by atoms with E-state index in [1.807, 2.05) is 18.4 Å². The summed E-state index contributed by atoms with van der Waals surface area (Å²) < 4.78 is 0. The topological polar surface area (TPSA) is 75.3 Å². The predicted molar refractivity (Wildman–Crippen MR) is 75.2 cm³/mol. The van der Waals surface area contributed by atoms with Crippen LogP contribution in [0.2, 0.25) is 0 Å². The lowest BCUT2D eigenvalue weighted by Crippen LogP contribution is -2.20. The minimum absolute atomic E-state index is 0.222. The molecule has 1 aliphatic rings. The first-order valence-electron chi connectivity index (χ1n) is 5.92. The largest absolute Gasteiger partial charge is 0.320 e. The Balaban J connectivity index is 1.97. The van der Waals surface area contributed by atoms with E-state index in [0.29, 0.717) is 10.6 Å². The van der Waals surface area contributed by atoms with Crippen molar-refractivity contribution >= 4 is 34.7 Å². The summed E-state index contributed by atoms with van der Waals surface area (Å²) in [5, 5.41) is 6.74. The van der Waals surface area contributed by atoms with Gasteiger partial charge in [-0.1, -0.05) is 6.07 Å². The maximum atomic E-state index is 12.2. The molecule has 1 aromatic carbocycles. The maximum absolute atomic E-state index is 12.2. The summed E-state index contributed by atoms with van der Waals surface area (Å²) in [4.78, 5) is 36.1. The van der Waals surface area contributed by atoms with Crippen molar-refractivity contribution in [2.24, 2.45) is 0 Å². The molecule has 6 heteroatoms. The Hall–Kier alpha value is -2.47. The molecule has 0 spiro atoms. The number of carbonyl (C=O) groups is 3. The number of fused-ring (bicyclic) bond motifs is 1. The number of hydrogen-bond donors (Lipinski definition) is 2. The fourth-order valence-corrected chi connectivity index (χ4v) is 2.93. The first kappa shape index (κ1) is 12.6. The summed E-state index contributed by atoms with van der Waals surface area (Å²) in [7, 11) is 0. The van der Waals surface area contributed by atoms with Crippen LogP contribution in [0.5, 0.6) is 0 Å². The van der Waals surface area contributed by atoms with Gasteiger partial charge in [-0.05, 0) is 36.1 Å². The highest BCUT2D eigenvalue weighted by molar-refractivity contribution is 7.12. The molecule has 1 aromatic heterocycles. The molecule has 0 unspecified atom stereocenters. The number of hydrogen-bond acceptors (Lipinski definition) is 4. The van der Waals surface area contributed by atoms with E-state index in [9.17, 15) is 14.4 Å². The number of imide groups is 1. The van der Waals surface area contributed by atoms with Crippen molar-refractivity contribution in [1.29, 1.82) is 0 Å². The van der Waals surface area contributed by atoms with E-state index in [2.05, 4.69) is 10.6 Å². The van der Waals surface area contributed by atoms with Gasteiger partial charge in [0.25, 0.3) is 17.7 Å². The van der Waals surface area contributed by atoms with Gasteiger partial charge in [0.05, 0.1) is 21.7 Å². The van der Waals surface area contributed by atoms with E-state index >= 15 is 0 Å². The lowest BCUT2D eigenvalue weighted by atomic mass is 10.1. The second kappa shape index (κ2) is 4.57. The molecule has 0 fully saturated rings. The van der Waals surface area contributed by atoms with Crippen molar-refractivity contribution in [1.82, 2.24) is 5.32 Å². The fourth-order valence-electron chi connectivity index (χ4n) is 2.11. The van der Waals surface area contributed by atoms with Gasteiger partial charge in [-0.25, -0.2) is 0 Å². The SMILES string of the molecule is Cc1ccsc1C(=O)Nc1cccc2c1C(=O)NC2=O. The van der Waals surface area contributed by atoms with E-state index < -0.39 is 11.8 Å². The average Bonchev–Trinajstić information content (AvgIpc) is 2.95. The van der Waals surface area contributed by atoms with Gasteiger partial charge in [-0.2, -0.15) is 0 Å². The molecule has 0 aliphatic carbocycles. The molecular weight excluding hydrogens is 276 g/mol. The number of benzene rings is 1.